The number of hydrogen-bond acceptors (Lipinski definition) is 4. The topological polar surface area (TPSA) is 64.6 Å². The molecule has 0 spiro atoms. The maximum absolute atomic E-state index is 12.3. The van der Waals surface area contributed by atoms with E-state index in [9.17, 15) is 9.59 Å². The standard InChI is InChI=1S/C18H17Cl2NO4/c1-10-14(19)8-9-15(16(10)20)25-11(2)17(22)21-13-6-4-12(5-7-13)18(23)24-3/h4-9,11H,1-3H3,(H,21,22). The molecule has 1 atom stereocenters. The summed E-state index contributed by atoms with van der Waals surface area (Å²) in [5, 5.41) is 3.60. The van der Waals surface area contributed by atoms with Gasteiger partial charge in [-0.1, -0.05) is 23.2 Å². The molecule has 0 aliphatic carbocycles. The van der Waals surface area contributed by atoms with Gasteiger partial charge in [0, 0.05) is 10.7 Å². The Morgan fingerprint density at radius 3 is 2.32 bits per heavy atom. The van der Waals surface area contributed by atoms with Gasteiger partial charge in [0.2, 0.25) is 0 Å². The summed E-state index contributed by atoms with van der Waals surface area (Å²) >= 11 is 12.2. The van der Waals surface area contributed by atoms with Crippen LogP contribution in [0.5, 0.6) is 5.75 Å². The van der Waals surface area contributed by atoms with Crippen molar-refractivity contribution in [2.75, 3.05) is 12.4 Å². The first-order valence-electron chi connectivity index (χ1n) is 7.44. The Morgan fingerprint density at radius 2 is 1.72 bits per heavy atom. The number of anilines is 1. The van der Waals surface area contributed by atoms with Crippen molar-refractivity contribution in [3.05, 3.63) is 57.6 Å². The predicted octanol–water partition coefficient (Wildman–Crippen LogP) is 4.49. The van der Waals surface area contributed by atoms with Gasteiger partial charge >= 0.3 is 5.97 Å². The second-order valence-electron chi connectivity index (χ2n) is 5.30. The van der Waals surface area contributed by atoms with Crippen molar-refractivity contribution in [3.8, 4) is 5.75 Å². The Labute approximate surface area is 155 Å². The molecule has 0 aliphatic heterocycles. The molecule has 132 valence electrons. The van der Waals surface area contributed by atoms with Gasteiger partial charge in [-0.25, -0.2) is 4.79 Å². The van der Waals surface area contributed by atoms with E-state index in [1.54, 1.807) is 50.2 Å². The van der Waals surface area contributed by atoms with E-state index in [1.165, 1.54) is 7.11 Å². The SMILES string of the molecule is COC(=O)c1ccc(NC(=O)C(C)Oc2ccc(Cl)c(C)c2Cl)cc1. The minimum Gasteiger partial charge on any atom is -0.479 e. The van der Waals surface area contributed by atoms with E-state index in [-0.39, 0.29) is 5.91 Å². The molecule has 0 radical (unpaired) electrons. The molecule has 0 bridgehead atoms. The molecule has 2 rings (SSSR count). The van der Waals surface area contributed by atoms with Crippen molar-refractivity contribution >= 4 is 40.8 Å². The number of amides is 1. The van der Waals surface area contributed by atoms with Crippen molar-refractivity contribution < 1.29 is 19.1 Å². The molecular weight excluding hydrogens is 365 g/mol. The quantitative estimate of drug-likeness (QED) is 0.774. The van der Waals surface area contributed by atoms with Crippen molar-refractivity contribution in [1.29, 1.82) is 0 Å². The highest BCUT2D eigenvalue weighted by Crippen LogP contribution is 2.33. The molecule has 0 aliphatic rings. The van der Waals surface area contributed by atoms with Crippen LogP contribution in [0.25, 0.3) is 0 Å². The van der Waals surface area contributed by atoms with Crippen LogP contribution in [0, 0.1) is 6.92 Å². The third kappa shape index (κ3) is 4.65. The number of benzene rings is 2. The first kappa shape index (κ1) is 19.1. The number of methoxy groups -OCH3 is 1. The van der Waals surface area contributed by atoms with Crippen LogP contribution in [0.2, 0.25) is 10.0 Å². The molecule has 2 aromatic carbocycles. The summed E-state index contributed by atoms with van der Waals surface area (Å²) < 4.78 is 10.2. The van der Waals surface area contributed by atoms with E-state index in [4.69, 9.17) is 27.9 Å². The molecule has 2 aromatic rings. The van der Waals surface area contributed by atoms with Crippen LogP contribution in [-0.2, 0) is 9.53 Å². The van der Waals surface area contributed by atoms with Crippen molar-refractivity contribution in [2.24, 2.45) is 0 Å². The van der Waals surface area contributed by atoms with Crippen LogP contribution in [-0.4, -0.2) is 25.1 Å². The number of rotatable bonds is 5. The highest BCUT2D eigenvalue weighted by molar-refractivity contribution is 6.36. The zero-order valence-corrected chi connectivity index (χ0v) is 15.4. The summed E-state index contributed by atoms with van der Waals surface area (Å²) in [7, 11) is 1.31. The molecule has 1 unspecified atom stereocenters. The van der Waals surface area contributed by atoms with Crippen LogP contribution < -0.4 is 10.1 Å². The number of halogens is 2. The Morgan fingerprint density at radius 1 is 1.08 bits per heavy atom. The van der Waals surface area contributed by atoms with Gasteiger partial charge in [0.1, 0.15) is 5.75 Å². The van der Waals surface area contributed by atoms with E-state index >= 15 is 0 Å². The van der Waals surface area contributed by atoms with Gasteiger partial charge < -0.3 is 14.8 Å². The lowest BCUT2D eigenvalue weighted by atomic mass is 10.2. The maximum Gasteiger partial charge on any atom is 0.337 e. The number of hydrogen-bond donors (Lipinski definition) is 1. The summed E-state index contributed by atoms with van der Waals surface area (Å²) in [6, 6.07) is 9.62. The summed E-state index contributed by atoms with van der Waals surface area (Å²) in [6.45, 7) is 3.38. The van der Waals surface area contributed by atoms with Crippen molar-refractivity contribution in [1.82, 2.24) is 0 Å². The minimum absolute atomic E-state index is 0.352. The molecule has 1 amide bonds. The van der Waals surface area contributed by atoms with Gasteiger partial charge in [-0.3, -0.25) is 4.79 Å². The van der Waals surface area contributed by atoms with Crippen LogP contribution >= 0.6 is 23.2 Å². The fourth-order valence-electron chi connectivity index (χ4n) is 2.02. The average molecular weight is 382 g/mol. The van der Waals surface area contributed by atoms with Gasteiger partial charge in [0.05, 0.1) is 17.7 Å². The number of ether oxygens (including phenoxy) is 2. The van der Waals surface area contributed by atoms with Crippen LogP contribution in [0.1, 0.15) is 22.8 Å². The summed E-state index contributed by atoms with van der Waals surface area (Å²) in [6.07, 6.45) is -0.779. The number of nitrogens with one attached hydrogen (secondary N) is 1. The third-order valence-electron chi connectivity index (χ3n) is 3.53. The lowest BCUT2D eigenvalue weighted by Gasteiger charge is -2.17. The number of carbonyl (C=O) groups excluding carboxylic acids is 2. The van der Waals surface area contributed by atoms with Gasteiger partial charge in [-0.05, 0) is 55.8 Å². The highest BCUT2D eigenvalue weighted by Gasteiger charge is 2.18. The monoisotopic (exact) mass is 381 g/mol. The largest absolute Gasteiger partial charge is 0.479 e. The summed E-state index contributed by atoms with van der Waals surface area (Å²) in [5.74, 6) is -0.413. The van der Waals surface area contributed by atoms with Crippen LogP contribution in [0.3, 0.4) is 0 Å². The minimum atomic E-state index is -0.779. The Balaban J connectivity index is 2.03. The molecule has 1 N–H and O–H groups in total. The highest BCUT2D eigenvalue weighted by atomic mass is 35.5. The first-order chi connectivity index (χ1) is 11.8. The molecule has 0 fully saturated rings. The van der Waals surface area contributed by atoms with Gasteiger partial charge in [0.25, 0.3) is 5.91 Å². The normalized spacial score (nSPS) is 11.6. The summed E-state index contributed by atoms with van der Waals surface area (Å²) in [4.78, 5) is 23.6. The van der Waals surface area contributed by atoms with Crippen LogP contribution in [0.4, 0.5) is 5.69 Å². The van der Waals surface area contributed by atoms with E-state index in [0.717, 1.165) is 0 Å². The second-order valence-corrected chi connectivity index (χ2v) is 6.09. The molecule has 25 heavy (non-hydrogen) atoms. The number of esters is 1. The Bertz CT molecular complexity index is 790. The molecule has 0 saturated carbocycles. The zero-order valence-electron chi connectivity index (χ0n) is 13.9. The zero-order chi connectivity index (χ0) is 18.6. The molecular formula is C18H17Cl2NO4. The van der Waals surface area contributed by atoms with E-state index in [0.29, 0.717) is 32.6 Å². The summed E-state index contributed by atoms with van der Waals surface area (Å²) in [5.41, 5.74) is 1.62. The average Bonchev–Trinajstić information content (AvgIpc) is 2.62. The second kappa shape index (κ2) is 8.23. The molecule has 0 saturated heterocycles. The van der Waals surface area contributed by atoms with Gasteiger partial charge in [-0.2, -0.15) is 0 Å². The molecule has 5 nitrogen and oxygen atoms in total. The van der Waals surface area contributed by atoms with Crippen molar-refractivity contribution in [2.45, 2.75) is 20.0 Å². The maximum atomic E-state index is 12.3. The first-order valence-corrected chi connectivity index (χ1v) is 8.19. The van der Waals surface area contributed by atoms with E-state index in [1.807, 2.05) is 0 Å². The predicted molar refractivity (Wildman–Crippen MR) is 97.7 cm³/mol. The Kier molecular flexibility index (Phi) is 6.28. The molecule has 0 heterocycles. The smallest absolute Gasteiger partial charge is 0.337 e. The Hall–Kier alpha value is -2.24. The van der Waals surface area contributed by atoms with E-state index in [2.05, 4.69) is 10.1 Å². The van der Waals surface area contributed by atoms with Crippen LogP contribution in [0.15, 0.2) is 36.4 Å². The van der Waals surface area contributed by atoms with Gasteiger partial charge in [-0.15, -0.1) is 0 Å². The fraction of sp³-hybridized carbons (Fsp3) is 0.222. The number of carbonyl (C=O) groups is 2. The fourth-order valence-corrected chi connectivity index (χ4v) is 2.44. The lowest BCUT2D eigenvalue weighted by molar-refractivity contribution is -0.122. The molecule has 0 aromatic heterocycles. The molecule has 7 heteroatoms. The van der Waals surface area contributed by atoms with E-state index < -0.39 is 12.1 Å². The van der Waals surface area contributed by atoms with Crippen molar-refractivity contribution in [3.63, 3.8) is 0 Å². The lowest BCUT2D eigenvalue weighted by Crippen LogP contribution is -2.30. The third-order valence-corrected chi connectivity index (χ3v) is 4.41. The van der Waals surface area contributed by atoms with Gasteiger partial charge in [0.15, 0.2) is 6.10 Å².